The number of unbranched alkanes of at least 4 members (excludes halogenated alkanes) is 6. The van der Waals surface area contributed by atoms with Crippen molar-refractivity contribution in [3.8, 4) is 0 Å². The van der Waals surface area contributed by atoms with E-state index in [4.69, 9.17) is 18.9 Å². The van der Waals surface area contributed by atoms with E-state index in [0.29, 0.717) is 37.5 Å². The second-order valence-electron chi connectivity index (χ2n) is 19.4. The van der Waals surface area contributed by atoms with Gasteiger partial charge in [0, 0.05) is 11.8 Å². The maximum atomic E-state index is 11.8. The molecule has 4 heterocycles. The smallest absolute Gasteiger partial charge is 1.00 e. The Morgan fingerprint density at radius 2 is 0.794 bits per heavy atom. The van der Waals surface area contributed by atoms with Crippen molar-refractivity contribution in [2.75, 3.05) is 46.0 Å². The van der Waals surface area contributed by atoms with Crippen molar-refractivity contribution in [1.82, 2.24) is 0 Å². The molecule has 20 heteroatoms. The van der Waals surface area contributed by atoms with E-state index in [1.807, 2.05) is 0 Å². The van der Waals surface area contributed by atoms with Gasteiger partial charge in [0.05, 0.1) is 11.8 Å². The van der Waals surface area contributed by atoms with Crippen molar-refractivity contribution in [2.24, 2.45) is 35.5 Å². The topological polar surface area (TPSA) is 220 Å². The molecule has 68 heavy (non-hydrogen) atoms. The van der Waals surface area contributed by atoms with E-state index in [9.17, 15) is 45.1 Å². The zero-order valence-electron chi connectivity index (χ0n) is 42.3. The molecule has 4 aliphatic heterocycles. The normalized spacial score (nSPS) is 27.3. The van der Waals surface area contributed by atoms with Gasteiger partial charge in [-0.1, -0.05) is 80.1 Å². The van der Waals surface area contributed by atoms with E-state index < -0.39 is 68.1 Å². The van der Waals surface area contributed by atoms with Gasteiger partial charge in [0.15, 0.2) is 0 Å². The average Bonchev–Trinajstić information content (AvgIpc) is 3.51. The van der Waals surface area contributed by atoms with Crippen LogP contribution < -0.4 is 46.5 Å². The zero-order chi connectivity index (χ0) is 48.9. The summed E-state index contributed by atoms with van der Waals surface area (Å²) in [6.45, 7) is 13.8. The van der Waals surface area contributed by atoms with Crippen LogP contribution in [0.5, 0.6) is 0 Å². The molecule has 8 bridgehead atoms. The number of fused-ring (bicyclic) bond motifs is 2. The Morgan fingerprint density at radius 3 is 1.04 bits per heavy atom. The molecule has 0 amide bonds. The van der Waals surface area contributed by atoms with Crippen molar-refractivity contribution in [1.29, 1.82) is 0 Å². The predicted molar refractivity (Wildman–Crippen MR) is 260 cm³/mol. The molecule has 8 rings (SSSR count). The van der Waals surface area contributed by atoms with Crippen LogP contribution in [0, 0.1) is 35.5 Å². The van der Waals surface area contributed by atoms with Gasteiger partial charge in [-0.3, -0.25) is 19.2 Å². The summed E-state index contributed by atoms with van der Waals surface area (Å²) in [6, 6.07) is 0. The molecule has 14 nitrogen and oxygen atoms in total. The molecular formula is C48H84BrNaO14S4. The Morgan fingerprint density at radius 1 is 0.515 bits per heavy atom. The third-order valence-electron chi connectivity index (χ3n) is 13.5. The number of rotatable bonds is 24. The van der Waals surface area contributed by atoms with Gasteiger partial charge in [-0.15, -0.1) is 0 Å². The fraction of sp³-hybridized carbons (Fsp3) is 0.917. The molecule has 4 saturated carbocycles. The fourth-order valence-corrected chi connectivity index (χ4v) is 16.4. The number of carbonyl (C=O) groups excluding carboxylic acids is 4. The van der Waals surface area contributed by atoms with Crippen molar-refractivity contribution in [3.63, 3.8) is 0 Å². The molecule has 10 unspecified atom stereocenters. The molecule has 0 aromatic heterocycles. The van der Waals surface area contributed by atoms with Gasteiger partial charge in [-0.25, -0.2) is 16.8 Å². The summed E-state index contributed by atoms with van der Waals surface area (Å²) in [4.78, 5) is 46.6. The van der Waals surface area contributed by atoms with Crippen LogP contribution in [0.4, 0.5) is 0 Å². The monoisotopic (exact) mass is 1110 g/mol. The zero-order valence-corrected chi connectivity index (χ0v) is 49.2. The summed E-state index contributed by atoms with van der Waals surface area (Å²) >= 11 is 0. The number of carbonyl (C=O) groups is 4. The van der Waals surface area contributed by atoms with Gasteiger partial charge >= 0.3 is 53.4 Å². The molecule has 392 valence electrons. The van der Waals surface area contributed by atoms with Gasteiger partial charge in [0.1, 0.15) is 90.7 Å². The summed E-state index contributed by atoms with van der Waals surface area (Å²) in [6.07, 6.45) is 20.6. The molecule has 4 saturated heterocycles. The molecule has 10 atom stereocenters. The Labute approximate surface area is 448 Å². The molecule has 0 aromatic rings. The molecule has 8 aliphatic rings. The predicted octanol–water partition coefficient (Wildman–Crippen LogP) is 1.63. The average molecular weight is 1120 g/mol. The van der Waals surface area contributed by atoms with Crippen LogP contribution in [-0.4, -0.2) is 120 Å². The summed E-state index contributed by atoms with van der Waals surface area (Å²) in [5, 5.41) is 0. The van der Waals surface area contributed by atoms with E-state index in [2.05, 4.69) is 41.5 Å². The molecule has 4 aliphatic carbocycles. The van der Waals surface area contributed by atoms with E-state index in [1.165, 1.54) is 112 Å². The van der Waals surface area contributed by atoms with E-state index in [-0.39, 0.29) is 82.1 Å². The molecular weight excluding hydrogens is 1030 g/mol. The minimum Gasteiger partial charge on any atom is -1.00 e. The SMILES string of the molecule is CCCC[S+](CCCC)CCCC.CCCC[S+](CCCC)CCCC.O=C(CS(=O)(=O)[O-])OC1C2CC3CC(C2)C(=O)OC1C3.O=C(CS(=O)(=O)[O-])OC1C2CC3CC(C2)C(=O)OC1C3.[Br-].[Na+]. The van der Waals surface area contributed by atoms with Gasteiger partial charge in [-0.05, 0) is 124 Å². The first-order valence-corrected chi connectivity index (χ1v) is 31.9. The van der Waals surface area contributed by atoms with E-state index >= 15 is 0 Å². The van der Waals surface area contributed by atoms with Crippen LogP contribution in [0.25, 0.3) is 0 Å². The van der Waals surface area contributed by atoms with Gasteiger partial charge < -0.3 is 45.0 Å². The standard InChI is InChI=1S/2C12H16O7S.2C12H27S.BrH.Na/c2*13-10(5-20(15,16)17)19-11-7-1-6-2-8(4-7)12(14)18-9(11)3-6;2*1-4-7-10-13(11-8-5-2)12-9-6-3;;/h2*6-9,11H,1-5H2,(H,15,16,17);2*4-12H2,1-3H3;1H;/q;;2*+1;;+1/p-3. The van der Waals surface area contributed by atoms with Crippen LogP contribution in [0.1, 0.15) is 170 Å². The summed E-state index contributed by atoms with van der Waals surface area (Å²) < 4.78 is 84.3. The largest absolute Gasteiger partial charge is 1.00 e. The first kappa shape index (κ1) is 65.9. The second kappa shape index (κ2) is 34.4. The Hall–Kier alpha value is -0.120. The van der Waals surface area contributed by atoms with Crippen LogP contribution in [0.15, 0.2) is 0 Å². The van der Waals surface area contributed by atoms with Gasteiger partial charge in [0.25, 0.3) is 0 Å². The van der Waals surface area contributed by atoms with Gasteiger partial charge in [0.2, 0.25) is 0 Å². The van der Waals surface area contributed by atoms with Crippen molar-refractivity contribution in [2.45, 2.75) is 194 Å². The number of halogens is 1. The quantitative estimate of drug-likeness (QED) is 0.0442. The molecule has 0 spiro atoms. The maximum absolute atomic E-state index is 11.8. The molecule has 0 N–H and O–H groups in total. The number of hydrogen-bond donors (Lipinski definition) is 0. The van der Waals surface area contributed by atoms with E-state index in [1.54, 1.807) is 0 Å². The summed E-state index contributed by atoms with van der Waals surface area (Å²) in [5.74, 6) is 4.62. The number of esters is 4. The van der Waals surface area contributed by atoms with Crippen molar-refractivity contribution < 1.29 is 111 Å². The summed E-state index contributed by atoms with van der Waals surface area (Å²) in [5.41, 5.74) is 0. The molecule has 0 aromatic carbocycles. The third kappa shape index (κ3) is 24.7. The molecule has 0 radical (unpaired) electrons. The Bertz CT molecular complexity index is 1550. The first-order valence-electron chi connectivity index (χ1n) is 25.3. The van der Waals surface area contributed by atoms with Crippen molar-refractivity contribution >= 4 is 65.9 Å². The van der Waals surface area contributed by atoms with Gasteiger partial charge in [-0.2, -0.15) is 0 Å². The maximum Gasteiger partial charge on any atom is 1.00 e. The van der Waals surface area contributed by atoms with Crippen LogP contribution >= 0.6 is 0 Å². The summed E-state index contributed by atoms with van der Waals surface area (Å²) in [7, 11) is -7.75. The van der Waals surface area contributed by atoms with Crippen LogP contribution in [0.3, 0.4) is 0 Å². The number of hydrogen-bond acceptors (Lipinski definition) is 14. The second-order valence-corrected chi connectivity index (χ2v) is 27.1. The van der Waals surface area contributed by atoms with Crippen LogP contribution in [-0.2, 0) is 80.2 Å². The first-order chi connectivity index (χ1) is 31.3. The Balaban J connectivity index is 0.000000460. The van der Waals surface area contributed by atoms with E-state index in [0.717, 1.165) is 47.5 Å². The van der Waals surface area contributed by atoms with Crippen LogP contribution in [0.2, 0.25) is 0 Å². The molecule has 8 fully saturated rings. The fourth-order valence-electron chi connectivity index (χ4n) is 10.2. The minimum atomic E-state index is -4.65. The number of ether oxygens (including phenoxy) is 4. The van der Waals surface area contributed by atoms with Crippen molar-refractivity contribution in [3.05, 3.63) is 0 Å². The Kier molecular flexibility index (Phi) is 33.3. The minimum absolute atomic E-state index is 0. The third-order valence-corrected chi connectivity index (χ3v) is 19.9.